The molecule has 31 heavy (non-hydrogen) atoms. The van der Waals surface area contributed by atoms with Gasteiger partial charge in [0.15, 0.2) is 11.5 Å². The van der Waals surface area contributed by atoms with Crippen molar-refractivity contribution in [1.29, 1.82) is 5.26 Å². The summed E-state index contributed by atoms with van der Waals surface area (Å²) in [7, 11) is 4.66. The molecule has 2 heterocycles. The molecule has 1 aliphatic heterocycles. The maximum Gasteiger partial charge on any atom is 0.229 e. The molecule has 0 bridgehead atoms. The molecular weight excluding hydrogens is 396 g/mol. The highest BCUT2D eigenvalue weighted by Crippen LogP contribution is 2.49. The second kappa shape index (κ2) is 7.95. The quantitative estimate of drug-likeness (QED) is 0.677. The molecule has 2 aromatic carbocycles. The Bertz CT molecular complexity index is 1210. The van der Waals surface area contributed by atoms with E-state index in [1.807, 2.05) is 37.3 Å². The van der Waals surface area contributed by atoms with Crippen LogP contribution in [0.4, 0.5) is 0 Å². The van der Waals surface area contributed by atoms with E-state index in [0.29, 0.717) is 34.4 Å². The Morgan fingerprint density at radius 1 is 1.03 bits per heavy atom. The second-order valence-corrected chi connectivity index (χ2v) is 6.93. The van der Waals surface area contributed by atoms with Crippen LogP contribution in [0.15, 0.2) is 53.9 Å². The van der Waals surface area contributed by atoms with Crippen molar-refractivity contribution in [2.75, 3.05) is 21.3 Å². The van der Waals surface area contributed by atoms with Crippen LogP contribution in [0.2, 0.25) is 0 Å². The number of aryl methyl sites for hydroxylation is 1. The van der Waals surface area contributed by atoms with E-state index in [1.165, 1.54) is 0 Å². The van der Waals surface area contributed by atoms with E-state index in [-0.39, 0.29) is 11.5 Å². The number of hydrogen-bond donors (Lipinski definition) is 1. The molecule has 0 radical (unpaired) electrons. The van der Waals surface area contributed by atoms with E-state index < -0.39 is 5.92 Å². The van der Waals surface area contributed by atoms with Crippen LogP contribution in [-0.4, -0.2) is 31.1 Å². The Morgan fingerprint density at radius 2 is 1.68 bits per heavy atom. The third-order valence-corrected chi connectivity index (χ3v) is 5.28. The highest BCUT2D eigenvalue weighted by molar-refractivity contribution is 5.62. The Hall–Kier alpha value is -4.12. The summed E-state index contributed by atoms with van der Waals surface area (Å²) in [6, 6.07) is 15.3. The SMILES string of the molecule is COc1cc(OC)c(C2C(C#N)=C(N)Oc3c2c(C)nn3-c2ccccc2)cc1OC. The molecule has 0 aliphatic carbocycles. The summed E-state index contributed by atoms with van der Waals surface area (Å²) >= 11 is 0. The first-order valence-corrected chi connectivity index (χ1v) is 9.56. The van der Waals surface area contributed by atoms with Crippen LogP contribution < -0.4 is 24.7 Å². The molecule has 2 N–H and O–H groups in total. The standard InChI is InChI=1S/C23H22N4O4/c1-13-20-21(15-10-18(29-3)19(30-4)11-17(15)28-2)16(12-24)22(25)31-23(20)27(26-13)14-8-6-5-7-9-14/h5-11,21H,25H2,1-4H3. The van der Waals surface area contributed by atoms with Crippen molar-refractivity contribution in [2.24, 2.45) is 5.73 Å². The zero-order valence-corrected chi connectivity index (χ0v) is 17.7. The van der Waals surface area contributed by atoms with Crippen molar-refractivity contribution in [1.82, 2.24) is 9.78 Å². The molecule has 0 saturated carbocycles. The van der Waals surface area contributed by atoms with E-state index in [0.717, 1.165) is 11.3 Å². The Morgan fingerprint density at radius 3 is 2.29 bits per heavy atom. The number of nitrogens with two attached hydrogens (primary N) is 1. The first-order valence-electron chi connectivity index (χ1n) is 9.56. The van der Waals surface area contributed by atoms with Crippen LogP contribution in [0.1, 0.15) is 22.7 Å². The van der Waals surface area contributed by atoms with Gasteiger partial charge in [-0.1, -0.05) is 18.2 Å². The van der Waals surface area contributed by atoms with E-state index >= 15 is 0 Å². The van der Waals surface area contributed by atoms with Crippen molar-refractivity contribution in [2.45, 2.75) is 12.8 Å². The number of nitrogens with zero attached hydrogens (tertiary/aromatic N) is 3. The molecule has 1 unspecified atom stereocenters. The van der Waals surface area contributed by atoms with Crippen LogP contribution in [0.25, 0.3) is 5.69 Å². The molecule has 4 rings (SSSR count). The largest absolute Gasteiger partial charge is 0.496 e. The van der Waals surface area contributed by atoms with Crippen LogP contribution in [-0.2, 0) is 0 Å². The van der Waals surface area contributed by atoms with E-state index in [9.17, 15) is 5.26 Å². The molecule has 0 fully saturated rings. The number of aromatic nitrogens is 2. The van der Waals surface area contributed by atoms with Gasteiger partial charge in [-0.05, 0) is 25.1 Å². The summed E-state index contributed by atoms with van der Waals surface area (Å²) in [5.41, 5.74) is 9.43. The minimum atomic E-state index is -0.555. The lowest BCUT2D eigenvalue weighted by molar-refractivity contribution is 0.345. The third-order valence-electron chi connectivity index (χ3n) is 5.28. The fraction of sp³-hybridized carbons (Fsp3) is 0.217. The van der Waals surface area contributed by atoms with Gasteiger partial charge in [0.05, 0.1) is 44.2 Å². The predicted octanol–water partition coefficient (Wildman–Crippen LogP) is 3.42. The summed E-state index contributed by atoms with van der Waals surface area (Å²) in [4.78, 5) is 0. The van der Waals surface area contributed by atoms with Gasteiger partial charge in [-0.25, -0.2) is 4.68 Å². The highest BCUT2D eigenvalue weighted by atomic mass is 16.5. The van der Waals surface area contributed by atoms with Gasteiger partial charge in [0.25, 0.3) is 0 Å². The number of benzene rings is 2. The number of ether oxygens (including phenoxy) is 4. The Balaban J connectivity index is 2.00. The second-order valence-electron chi connectivity index (χ2n) is 6.93. The van der Waals surface area contributed by atoms with Crippen LogP contribution in [0, 0.1) is 18.3 Å². The first-order chi connectivity index (χ1) is 15.0. The zero-order valence-electron chi connectivity index (χ0n) is 17.7. The molecule has 8 heteroatoms. The molecule has 1 atom stereocenters. The summed E-state index contributed by atoms with van der Waals surface area (Å²) in [5, 5.41) is 14.6. The number of allylic oxidation sites excluding steroid dienone is 1. The third kappa shape index (κ3) is 3.20. The first kappa shape index (κ1) is 20.2. The number of fused-ring (bicyclic) bond motifs is 1. The van der Waals surface area contributed by atoms with Gasteiger partial charge in [0.2, 0.25) is 11.8 Å². The molecule has 158 valence electrons. The predicted molar refractivity (Wildman–Crippen MR) is 114 cm³/mol. The topological polar surface area (TPSA) is 105 Å². The molecule has 8 nitrogen and oxygen atoms in total. The number of hydrogen-bond acceptors (Lipinski definition) is 7. The molecular formula is C23H22N4O4. The smallest absolute Gasteiger partial charge is 0.229 e. The lowest BCUT2D eigenvalue weighted by Gasteiger charge is -2.26. The average Bonchev–Trinajstić information content (AvgIpc) is 3.13. The lowest BCUT2D eigenvalue weighted by atomic mass is 9.83. The maximum atomic E-state index is 9.93. The fourth-order valence-corrected chi connectivity index (χ4v) is 3.85. The van der Waals surface area contributed by atoms with E-state index in [1.54, 1.807) is 38.1 Å². The number of rotatable bonds is 5. The summed E-state index contributed by atoms with van der Waals surface area (Å²) < 4.78 is 24.1. The van der Waals surface area contributed by atoms with Crippen LogP contribution in [0.5, 0.6) is 23.1 Å². The van der Waals surface area contributed by atoms with Gasteiger partial charge in [-0.15, -0.1) is 0 Å². The van der Waals surface area contributed by atoms with Gasteiger partial charge in [-0.2, -0.15) is 10.4 Å². The zero-order chi connectivity index (χ0) is 22.1. The van der Waals surface area contributed by atoms with Crippen molar-refractivity contribution < 1.29 is 18.9 Å². The number of nitriles is 1. The lowest BCUT2D eigenvalue weighted by Crippen LogP contribution is -2.22. The average molecular weight is 418 g/mol. The molecule has 0 spiro atoms. The molecule has 1 aliphatic rings. The molecule has 1 aromatic heterocycles. The monoisotopic (exact) mass is 418 g/mol. The fourth-order valence-electron chi connectivity index (χ4n) is 3.85. The Labute approximate surface area is 180 Å². The minimum Gasteiger partial charge on any atom is -0.496 e. The van der Waals surface area contributed by atoms with Crippen molar-refractivity contribution in [3.05, 3.63) is 70.7 Å². The Kier molecular flexibility index (Phi) is 5.17. The molecule has 0 amide bonds. The minimum absolute atomic E-state index is 0.0221. The molecule has 0 saturated heterocycles. The van der Waals surface area contributed by atoms with Gasteiger partial charge >= 0.3 is 0 Å². The van der Waals surface area contributed by atoms with Gasteiger partial charge in [0, 0.05) is 11.6 Å². The van der Waals surface area contributed by atoms with Gasteiger partial charge < -0.3 is 24.7 Å². The van der Waals surface area contributed by atoms with Crippen LogP contribution >= 0.6 is 0 Å². The normalized spacial score (nSPS) is 15.0. The van der Waals surface area contributed by atoms with Crippen LogP contribution in [0.3, 0.4) is 0 Å². The van der Waals surface area contributed by atoms with Gasteiger partial charge in [-0.3, -0.25) is 0 Å². The van der Waals surface area contributed by atoms with Crippen molar-refractivity contribution >= 4 is 0 Å². The maximum absolute atomic E-state index is 9.93. The van der Waals surface area contributed by atoms with Crippen molar-refractivity contribution in [3.63, 3.8) is 0 Å². The van der Waals surface area contributed by atoms with Crippen molar-refractivity contribution in [3.8, 4) is 34.9 Å². The van der Waals surface area contributed by atoms with Gasteiger partial charge in [0.1, 0.15) is 17.4 Å². The number of para-hydroxylation sites is 1. The number of methoxy groups -OCH3 is 3. The summed E-state index contributed by atoms with van der Waals surface area (Å²) in [6.07, 6.45) is 0. The van der Waals surface area contributed by atoms with E-state index in [2.05, 4.69) is 11.2 Å². The highest BCUT2D eigenvalue weighted by Gasteiger charge is 2.38. The van der Waals surface area contributed by atoms with E-state index in [4.69, 9.17) is 24.7 Å². The summed E-state index contributed by atoms with van der Waals surface area (Å²) in [5.74, 6) is 1.48. The molecule has 3 aromatic rings. The summed E-state index contributed by atoms with van der Waals surface area (Å²) in [6.45, 7) is 1.87.